The van der Waals surface area contributed by atoms with Gasteiger partial charge in [0.05, 0.1) is 0 Å². The van der Waals surface area contributed by atoms with Gasteiger partial charge in [0.2, 0.25) is 0 Å². The monoisotopic (exact) mass is 200 g/mol. The van der Waals surface area contributed by atoms with E-state index >= 15 is 0 Å². The van der Waals surface area contributed by atoms with Crippen LogP contribution >= 0.6 is 0 Å². The van der Waals surface area contributed by atoms with Crippen molar-refractivity contribution in [2.24, 2.45) is 7.05 Å². The fourth-order valence-electron chi connectivity index (χ4n) is 0.952. The number of hydrogen-bond acceptors (Lipinski definition) is 5. The van der Waals surface area contributed by atoms with Gasteiger partial charge >= 0.3 is 5.69 Å². The largest absolute Gasteiger partial charge is 0.383 e. The summed E-state index contributed by atoms with van der Waals surface area (Å²) in [5, 5.41) is 2.65. The highest BCUT2D eigenvalue weighted by Gasteiger charge is 2.08. The third-order valence-corrected chi connectivity index (χ3v) is 1.76. The molecule has 0 atom stereocenters. The number of nitrogen functional groups attached to an aromatic ring is 1. The first-order valence-corrected chi connectivity index (χ1v) is 3.89. The van der Waals surface area contributed by atoms with Crippen molar-refractivity contribution >= 4 is 11.5 Å². The maximum absolute atomic E-state index is 11.3. The van der Waals surface area contributed by atoms with Crippen molar-refractivity contribution in [3.8, 4) is 0 Å². The highest BCUT2D eigenvalue weighted by Crippen LogP contribution is 2.07. The molecule has 0 bridgehead atoms. The molecule has 1 aromatic rings. The molecule has 0 aliphatic rings. The van der Waals surface area contributed by atoms with E-state index in [4.69, 9.17) is 10.5 Å². The summed E-state index contributed by atoms with van der Waals surface area (Å²) >= 11 is 0. The molecular weight excluding hydrogens is 188 g/mol. The lowest BCUT2D eigenvalue weighted by molar-refractivity contribution is 0.221. The maximum atomic E-state index is 11.3. The molecule has 0 aromatic carbocycles. The number of anilines is 2. The zero-order valence-corrected chi connectivity index (χ0v) is 7.96. The Morgan fingerprint density at radius 2 is 2.21 bits per heavy atom. The number of nitrogens with one attached hydrogen (secondary N) is 2. The van der Waals surface area contributed by atoms with E-state index in [0.717, 1.165) is 4.57 Å². The highest BCUT2D eigenvalue weighted by molar-refractivity contribution is 5.59. The van der Waals surface area contributed by atoms with Crippen molar-refractivity contribution in [1.82, 2.24) is 9.55 Å². The van der Waals surface area contributed by atoms with Gasteiger partial charge in [-0.25, -0.2) is 4.79 Å². The molecule has 7 heteroatoms. The van der Waals surface area contributed by atoms with Crippen LogP contribution in [0.3, 0.4) is 0 Å². The number of rotatable bonds is 3. The summed E-state index contributed by atoms with van der Waals surface area (Å²) in [4.78, 5) is 24.4. The minimum absolute atomic E-state index is 0.0794. The molecule has 1 rings (SSSR count). The lowest BCUT2D eigenvalue weighted by Gasteiger charge is -2.09. The third-order valence-electron chi connectivity index (χ3n) is 1.76. The van der Waals surface area contributed by atoms with Gasteiger partial charge in [0.25, 0.3) is 5.56 Å². The van der Waals surface area contributed by atoms with Gasteiger partial charge in [-0.1, -0.05) is 0 Å². The molecule has 0 saturated carbocycles. The molecule has 7 nitrogen and oxygen atoms in total. The highest BCUT2D eigenvalue weighted by atomic mass is 16.5. The Hall–Kier alpha value is -1.76. The lowest BCUT2D eigenvalue weighted by Crippen LogP contribution is -2.32. The molecule has 1 aromatic heterocycles. The molecule has 0 radical (unpaired) electrons. The van der Waals surface area contributed by atoms with Crippen LogP contribution in [0.4, 0.5) is 11.5 Å². The van der Waals surface area contributed by atoms with E-state index in [2.05, 4.69) is 10.3 Å². The fraction of sp³-hybridized carbons (Fsp3) is 0.429. The van der Waals surface area contributed by atoms with E-state index in [1.54, 1.807) is 0 Å². The summed E-state index contributed by atoms with van der Waals surface area (Å²) in [6.45, 7) is 0.144. The van der Waals surface area contributed by atoms with Crippen LogP contribution in [-0.2, 0) is 11.8 Å². The van der Waals surface area contributed by atoms with Gasteiger partial charge in [0.15, 0.2) is 0 Å². The molecule has 0 amide bonds. The van der Waals surface area contributed by atoms with Crippen LogP contribution in [0.2, 0.25) is 0 Å². The molecule has 0 aliphatic heterocycles. The fourth-order valence-corrected chi connectivity index (χ4v) is 0.952. The van der Waals surface area contributed by atoms with E-state index in [9.17, 15) is 9.59 Å². The normalized spacial score (nSPS) is 10.1. The average Bonchev–Trinajstić information content (AvgIpc) is 2.14. The second kappa shape index (κ2) is 3.97. The van der Waals surface area contributed by atoms with Gasteiger partial charge in [-0.2, -0.15) is 0 Å². The smallest absolute Gasteiger partial charge is 0.329 e. The van der Waals surface area contributed by atoms with Crippen LogP contribution in [0.1, 0.15) is 0 Å². The number of methoxy groups -OCH3 is 1. The van der Waals surface area contributed by atoms with Crippen LogP contribution in [-0.4, -0.2) is 23.4 Å². The minimum Gasteiger partial charge on any atom is -0.383 e. The molecule has 0 aliphatic carbocycles. The molecule has 14 heavy (non-hydrogen) atoms. The second-order valence-electron chi connectivity index (χ2n) is 2.69. The SMILES string of the molecule is COCNc1c(N)n(C)c(=O)[nH]c1=O. The molecular formula is C7H12N4O3. The summed E-state index contributed by atoms with van der Waals surface area (Å²) in [7, 11) is 2.94. The van der Waals surface area contributed by atoms with Crippen LogP contribution in [0.15, 0.2) is 9.59 Å². The summed E-state index contributed by atoms with van der Waals surface area (Å²) in [5.74, 6) is 0.0794. The number of nitrogens with zero attached hydrogens (tertiary/aromatic N) is 1. The van der Waals surface area contributed by atoms with Crippen molar-refractivity contribution in [2.45, 2.75) is 0 Å². The van der Waals surface area contributed by atoms with Crippen molar-refractivity contribution in [3.63, 3.8) is 0 Å². The Kier molecular flexibility index (Phi) is 2.92. The van der Waals surface area contributed by atoms with Gasteiger partial charge in [-0.05, 0) is 0 Å². The minimum atomic E-state index is -0.553. The van der Waals surface area contributed by atoms with Gasteiger partial charge in [0, 0.05) is 14.2 Å². The van der Waals surface area contributed by atoms with E-state index in [1.165, 1.54) is 14.2 Å². The molecule has 0 fully saturated rings. The summed E-state index contributed by atoms with van der Waals surface area (Å²) in [6, 6.07) is 0. The predicted octanol–water partition coefficient (Wildman–Crippen LogP) is -1.33. The molecule has 1 heterocycles. The zero-order valence-electron chi connectivity index (χ0n) is 7.96. The summed E-state index contributed by atoms with van der Waals surface area (Å²) in [5.41, 5.74) is 4.58. The van der Waals surface area contributed by atoms with E-state index in [1.807, 2.05) is 0 Å². The Labute approximate surface area is 79.5 Å². The topological polar surface area (TPSA) is 102 Å². The Morgan fingerprint density at radius 1 is 1.57 bits per heavy atom. The molecule has 0 saturated heterocycles. The van der Waals surface area contributed by atoms with Crippen molar-refractivity contribution in [3.05, 3.63) is 20.8 Å². The second-order valence-corrected chi connectivity index (χ2v) is 2.69. The Balaban J connectivity index is 3.23. The van der Waals surface area contributed by atoms with Gasteiger partial charge in [-0.3, -0.25) is 14.3 Å². The van der Waals surface area contributed by atoms with Crippen molar-refractivity contribution in [1.29, 1.82) is 0 Å². The Morgan fingerprint density at radius 3 is 2.79 bits per heavy atom. The summed E-state index contributed by atoms with van der Waals surface area (Å²) < 4.78 is 5.86. The van der Waals surface area contributed by atoms with E-state index in [0.29, 0.717) is 0 Å². The molecule has 0 unspecified atom stereocenters. The molecule has 0 spiro atoms. The number of ether oxygens (including phenoxy) is 1. The Bertz CT molecular complexity index is 434. The first-order valence-electron chi connectivity index (χ1n) is 3.89. The molecule has 78 valence electrons. The number of nitrogens with two attached hydrogens (primary N) is 1. The van der Waals surface area contributed by atoms with Crippen LogP contribution in [0, 0.1) is 0 Å². The lowest BCUT2D eigenvalue weighted by atomic mass is 10.4. The number of aromatic nitrogens is 2. The number of H-pyrrole nitrogens is 1. The van der Waals surface area contributed by atoms with E-state index in [-0.39, 0.29) is 18.2 Å². The quantitative estimate of drug-likeness (QED) is 0.525. The number of hydrogen-bond donors (Lipinski definition) is 3. The van der Waals surface area contributed by atoms with Crippen molar-refractivity contribution < 1.29 is 4.74 Å². The van der Waals surface area contributed by atoms with Crippen LogP contribution < -0.4 is 22.3 Å². The standard InChI is InChI=1S/C7H12N4O3/c1-11-5(8)4(9-3-14-2)6(12)10-7(11)13/h9H,3,8H2,1-2H3,(H,10,12,13). The summed E-state index contributed by atoms with van der Waals surface area (Å²) in [6.07, 6.45) is 0. The van der Waals surface area contributed by atoms with Crippen molar-refractivity contribution in [2.75, 3.05) is 24.9 Å². The predicted molar refractivity (Wildman–Crippen MR) is 52.2 cm³/mol. The zero-order chi connectivity index (χ0) is 10.7. The van der Waals surface area contributed by atoms with Gasteiger partial charge in [-0.15, -0.1) is 0 Å². The maximum Gasteiger partial charge on any atom is 0.329 e. The van der Waals surface area contributed by atoms with Gasteiger partial charge < -0.3 is 15.8 Å². The van der Waals surface area contributed by atoms with Crippen LogP contribution in [0.5, 0.6) is 0 Å². The van der Waals surface area contributed by atoms with Gasteiger partial charge in [0.1, 0.15) is 18.2 Å². The number of aromatic amines is 1. The van der Waals surface area contributed by atoms with Crippen LogP contribution in [0.25, 0.3) is 0 Å². The first-order chi connectivity index (χ1) is 6.57. The third kappa shape index (κ3) is 1.77. The average molecular weight is 200 g/mol. The van der Waals surface area contributed by atoms with E-state index < -0.39 is 11.2 Å². The molecule has 4 N–H and O–H groups in total. The first kappa shape index (κ1) is 10.3.